The highest BCUT2D eigenvalue weighted by Crippen LogP contribution is 2.43. The lowest BCUT2D eigenvalue weighted by molar-refractivity contribution is 0.992. The molecular formula is C73H56N4. The summed E-state index contributed by atoms with van der Waals surface area (Å²) in [5.41, 5.74) is 22.4. The molecule has 12 aromatic rings. The van der Waals surface area contributed by atoms with Crippen LogP contribution in [0.25, 0.3) is 66.5 Å². The Balaban J connectivity index is 0.787. The van der Waals surface area contributed by atoms with Crippen molar-refractivity contribution in [2.24, 2.45) is 0 Å². The van der Waals surface area contributed by atoms with E-state index in [4.69, 9.17) is 0 Å². The third kappa shape index (κ3) is 9.28. The fraction of sp³-hybridized carbons (Fsp3) is 0.0411. The minimum absolute atomic E-state index is 0.960. The zero-order valence-electron chi connectivity index (χ0n) is 43.0. The average molecular weight is 989 g/mol. The molecule has 1 aromatic heterocycles. The number of rotatable bonds is 13. The van der Waals surface area contributed by atoms with Gasteiger partial charge in [0.2, 0.25) is 0 Å². The monoisotopic (exact) mass is 988 g/mol. The third-order valence-corrected chi connectivity index (χ3v) is 15.2. The van der Waals surface area contributed by atoms with Gasteiger partial charge in [-0.25, -0.2) is 0 Å². The van der Waals surface area contributed by atoms with Crippen LogP contribution in [0, 0.1) is 0 Å². The molecule has 77 heavy (non-hydrogen) atoms. The number of fused-ring (bicyclic) bond motifs is 3. The summed E-state index contributed by atoms with van der Waals surface area (Å²) in [6, 6.07) is 103. The normalized spacial score (nSPS) is 12.3. The summed E-state index contributed by atoms with van der Waals surface area (Å²) in [5, 5.41) is 2.52. The van der Waals surface area contributed by atoms with E-state index in [9.17, 15) is 0 Å². The molecule has 4 heteroatoms. The summed E-state index contributed by atoms with van der Waals surface area (Å²) < 4.78 is 2.49. The number of allylic oxidation sites excluding steroid dienone is 4. The first-order chi connectivity index (χ1) is 38.1. The number of hydrogen-bond acceptors (Lipinski definition) is 3. The largest absolute Gasteiger partial charge is 0.344 e. The van der Waals surface area contributed by atoms with Crippen LogP contribution in [-0.2, 0) is 0 Å². The molecule has 1 aliphatic rings. The number of benzene rings is 11. The van der Waals surface area contributed by atoms with Crippen molar-refractivity contribution in [3.63, 3.8) is 0 Å². The van der Waals surface area contributed by atoms with Crippen molar-refractivity contribution in [2.75, 3.05) is 21.7 Å². The smallest absolute Gasteiger partial charge is 0.0558 e. The number of anilines is 8. The Morgan fingerprint density at radius 2 is 0.714 bits per heavy atom. The maximum Gasteiger partial charge on any atom is 0.0558 e. The molecule has 0 radical (unpaired) electrons. The molecule has 1 heterocycles. The van der Waals surface area contributed by atoms with E-state index >= 15 is 0 Å². The van der Waals surface area contributed by atoms with Gasteiger partial charge in [0.15, 0.2) is 0 Å². The molecule has 368 valence electrons. The molecule has 0 atom stereocenters. The maximum atomic E-state index is 2.49. The Morgan fingerprint density at radius 3 is 1.27 bits per heavy atom. The minimum atomic E-state index is 0.960. The molecule has 0 spiro atoms. The second-order valence-corrected chi connectivity index (χ2v) is 19.7. The van der Waals surface area contributed by atoms with Crippen LogP contribution in [0.3, 0.4) is 0 Å². The quantitative estimate of drug-likeness (QED) is 0.114. The maximum absolute atomic E-state index is 2.49. The summed E-state index contributed by atoms with van der Waals surface area (Å²) in [7, 11) is 2.15. The van der Waals surface area contributed by atoms with Crippen LogP contribution in [0.15, 0.2) is 297 Å². The Bertz CT molecular complexity index is 4050. The van der Waals surface area contributed by atoms with Gasteiger partial charge in [-0.3, -0.25) is 0 Å². The molecule has 4 nitrogen and oxygen atoms in total. The lowest BCUT2D eigenvalue weighted by Gasteiger charge is -2.27. The highest BCUT2D eigenvalue weighted by molar-refractivity contribution is 6.11. The fourth-order valence-electron chi connectivity index (χ4n) is 11.2. The van der Waals surface area contributed by atoms with Crippen molar-refractivity contribution >= 4 is 78.6 Å². The third-order valence-electron chi connectivity index (χ3n) is 15.2. The Morgan fingerprint density at radius 1 is 0.299 bits per heavy atom. The van der Waals surface area contributed by atoms with Crippen molar-refractivity contribution in [1.29, 1.82) is 0 Å². The van der Waals surface area contributed by atoms with Crippen LogP contribution in [0.2, 0.25) is 0 Å². The molecule has 0 N–H and O–H groups in total. The van der Waals surface area contributed by atoms with Gasteiger partial charge in [0.25, 0.3) is 0 Å². The van der Waals surface area contributed by atoms with Gasteiger partial charge in [-0.1, -0.05) is 194 Å². The van der Waals surface area contributed by atoms with E-state index in [1.165, 1.54) is 55.3 Å². The van der Waals surface area contributed by atoms with E-state index in [1.807, 2.05) is 0 Å². The second-order valence-electron chi connectivity index (χ2n) is 19.7. The van der Waals surface area contributed by atoms with Gasteiger partial charge >= 0.3 is 0 Å². The molecular weight excluding hydrogens is 933 g/mol. The molecule has 0 saturated carbocycles. The van der Waals surface area contributed by atoms with Gasteiger partial charge in [0, 0.05) is 74.6 Å². The van der Waals surface area contributed by atoms with Crippen molar-refractivity contribution in [2.45, 2.75) is 12.8 Å². The van der Waals surface area contributed by atoms with E-state index in [-0.39, 0.29) is 0 Å². The Labute approximate surface area is 451 Å². The Kier molecular flexibility index (Phi) is 12.6. The first kappa shape index (κ1) is 46.9. The van der Waals surface area contributed by atoms with Gasteiger partial charge in [-0.15, -0.1) is 0 Å². The summed E-state index contributed by atoms with van der Waals surface area (Å²) in [4.78, 5) is 6.99. The average Bonchev–Trinajstić information content (AvgIpc) is 3.94. The molecule has 0 aliphatic heterocycles. The van der Waals surface area contributed by atoms with Crippen molar-refractivity contribution in [1.82, 2.24) is 4.57 Å². The van der Waals surface area contributed by atoms with Gasteiger partial charge < -0.3 is 19.3 Å². The summed E-state index contributed by atoms with van der Waals surface area (Å²) >= 11 is 0. The first-order valence-electron chi connectivity index (χ1n) is 26.6. The SMILES string of the molecule is CN(c1ccc(-c2ccccc2)cc1)c1ccccc1-c1ccc(N(c2ccccc2)c2ccc(-c3ccc(N(c4ccccc4)c4ccc5c6ccccc6n(C6=CC=C(c7ccccc7)CC6)c5c4)cc3)cc2)cc1. The van der Waals surface area contributed by atoms with Gasteiger partial charge in [0.05, 0.1) is 11.0 Å². The van der Waals surface area contributed by atoms with Gasteiger partial charge in [-0.2, -0.15) is 0 Å². The van der Waals surface area contributed by atoms with Crippen molar-refractivity contribution in [3.05, 3.63) is 303 Å². The van der Waals surface area contributed by atoms with E-state index in [1.54, 1.807) is 0 Å². The standard InChI is InChI=1S/C73H56N4/c1-74(60-40-30-55(31-41-60)53-18-6-2-7-19-53)71-28-16-14-26-68(71)59-38-48-64(49-39-59)75(61-22-10-4-11-23-61)63-42-32-57(33-43-63)58-34-44-65(45-35-58)76(62-24-12-5-13-25-62)67-50-51-70-69-27-15-17-29-72(69)77(73(70)52-67)66-46-36-56(37-47-66)54-20-8-3-9-21-54/h2-36,38-46,48-52H,37,47H2,1H3. The molecule has 0 fully saturated rings. The Hall–Kier alpha value is -9.90. The highest BCUT2D eigenvalue weighted by atomic mass is 15.2. The number of nitrogens with zero attached hydrogens (tertiary/aromatic N) is 4. The highest BCUT2D eigenvalue weighted by Gasteiger charge is 2.21. The summed E-state index contributed by atoms with van der Waals surface area (Å²) in [6.07, 6.45) is 6.60. The zero-order chi connectivity index (χ0) is 51.5. The summed E-state index contributed by atoms with van der Waals surface area (Å²) in [5.74, 6) is 0. The predicted molar refractivity (Wildman–Crippen MR) is 328 cm³/mol. The molecule has 0 bridgehead atoms. The minimum Gasteiger partial charge on any atom is -0.344 e. The summed E-state index contributed by atoms with van der Waals surface area (Å²) in [6.45, 7) is 0. The van der Waals surface area contributed by atoms with Crippen LogP contribution in [0.1, 0.15) is 18.4 Å². The van der Waals surface area contributed by atoms with E-state index < -0.39 is 0 Å². The van der Waals surface area contributed by atoms with Crippen molar-refractivity contribution in [3.8, 4) is 33.4 Å². The topological polar surface area (TPSA) is 14.7 Å². The van der Waals surface area contributed by atoms with Crippen LogP contribution >= 0.6 is 0 Å². The van der Waals surface area contributed by atoms with E-state index in [0.717, 1.165) is 75.0 Å². The lowest BCUT2D eigenvalue weighted by Crippen LogP contribution is -2.11. The molecule has 1 aliphatic carbocycles. The number of hydrogen-bond donors (Lipinski definition) is 0. The van der Waals surface area contributed by atoms with Crippen molar-refractivity contribution < 1.29 is 0 Å². The van der Waals surface area contributed by atoms with Crippen LogP contribution in [0.4, 0.5) is 45.5 Å². The molecule has 0 saturated heterocycles. The molecule has 13 rings (SSSR count). The second kappa shape index (κ2) is 20.8. The van der Waals surface area contributed by atoms with Gasteiger partial charge in [0.1, 0.15) is 0 Å². The number of para-hydroxylation sites is 4. The predicted octanol–water partition coefficient (Wildman–Crippen LogP) is 20.2. The first-order valence-corrected chi connectivity index (χ1v) is 26.6. The number of aromatic nitrogens is 1. The van der Waals surface area contributed by atoms with Crippen LogP contribution < -0.4 is 14.7 Å². The van der Waals surface area contributed by atoms with Crippen LogP contribution in [-0.4, -0.2) is 11.6 Å². The zero-order valence-corrected chi connectivity index (χ0v) is 43.0. The fourth-order valence-corrected chi connectivity index (χ4v) is 11.2. The lowest BCUT2D eigenvalue weighted by atomic mass is 9.96. The molecule has 0 amide bonds. The van der Waals surface area contributed by atoms with E-state index in [0.29, 0.717) is 0 Å². The van der Waals surface area contributed by atoms with Gasteiger partial charge in [-0.05, 0) is 155 Å². The molecule has 11 aromatic carbocycles. The van der Waals surface area contributed by atoms with E-state index in [2.05, 4.69) is 324 Å². The van der Waals surface area contributed by atoms with Crippen LogP contribution in [0.5, 0.6) is 0 Å². The molecule has 0 unspecified atom stereocenters.